The van der Waals surface area contributed by atoms with Crippen LogP contribution >= 0.6 is 0 Å². The summed E-state index contributed by atoms with van der Waals surface area (Å²) in [7, 11) is -3.51. The van der Waals surface area contributed by atoms with E-state index in [9.17, 15) is 18.0 Å². The maximum absolute atomic E-state index is 11.8. The van der Waals surface area contributed by atoms with Gasteiger partial charge in [-0.25, -0.2) is 4.79 Å². The molecular formula is C13H18O7S. The molecule has 1 saturated heterocycles. The number of rotatable bonds is 5. The Morgan fingerprint density at radius 2 is 2.00 bits per heavy atom. The molecule has 0 N–H and O–H groups in total. The molecule has 3 rings (SSSR count). The normalized spacial score (nSPS) is 38.4. The minimum atomic E-state index is -3.51. The predicted molar refractivity (Wildman–Crippen MR) is 69.5 cm³/mol. The van der Waals surface area contributed by atoms with Crippen LogP contribution in [0.2, 0.25) is 0 Å². The van der Waals surface area contributed by atoms with Gasteiger partial charge in [-0.3, -0.25) is 8.98 Å². The first-order valence-electron chi connectivity index (χ1n) is 7.19. The summed E-state index contributed by atoms with van der Waals surface area (Å²) >= 11 is 0. The van der Waals surface area contributed by atoms with Gasteiger partial charge in [-0.2, -0.15) is 8.42 Å². The second kappa shape index (κ2) is 5.24. The van der Waals surface area contributed by atoms with Crippen LogP contribution in [0.1, 0.15) is 32.6 Å². The Labute approximate surface area is 123 Å². The first-order chi connectivity index (χ1) is 9.92. The molecule has 1 aliphatic heterocycles. The Kier molecular flexibility index (Phi) is 3.69. The molecule has 5 unspecified atom stereocenters. The molecular weight excluding hydrogens is 300 g/mol. The zero-order chi connectivity index (χ0) is 15.2. The van der Waals surface area contributed by atoms with Gasteiger partial charge in [0.2, 0.25) is 0 Å². The van der Waals surface area contributed by atoms with Gasteiger partial charge in [-0.05, 0) is 19.3 Å². The van der Waals surface area contributed by atoms with E-state index in [-0.39, 0.29) is 18.3 Å². The van der Waals surface area contributed by atoms with Gasteiger partial charge in [0.1, 0.15) is 12.2 Å². The smallest absolute Gasteiger partial charge is 0.344 e. The molecule has 3 aliphatic rings. The highest BCUT2D eigenvalue weighted by molar-refractivity contribution is 7.87. The summed E-state index contributed by atoms with van der Waals surface area (Å²) in [5.74, 6) is -1.14. The standard InChI is InChI=1S/C13H18O7S/c1-2-3-10(14)18-6-11(15)19-12-7-4-8-9(5-7)21(16,17)20-13(8)12/h7-9,12-13H,2-6H2,1H3. The van der Waals surface area contributed by atoms with Gasteiger partial charge in [-0.15, -0.1) is 0 Å². The van der Waals surface area contributed by atoms with Crippen LogP contribution in [0.15, 0.2) is 0 Å². The van der Waals surface area contributed by atoms with Crippen molar-refractivity contribution in [3.63, 3.8) is 0 Å². The lowest BCUT2D eigenvalue weighted by Crippen LogP contribution is -2.38. The maximum Gasteiger partial charge on any atom is 0.344 e. The van der Waals surface area contributed by atoms with Crippen LogP contribution in [0, 0.1) is 11.8 Å². The highest BCUT2D eigenvalue weighted by Crippen LogP contribution is 2.55. The van der Waals surface area contributed by atoms with E-state index in [4.69, 9.17) is 13.7 Å². The van der Waals surface area contributed by atoms with Crippen molar-refractivity contribution in [1.82, 2.24) is 0 Å². The minimum Gasteiger partial charge on any atom is -0.457 e. The first-order valence-corrected chi connectivity index (χ1v) is 8.66. The van der Waals surface area contributed by atoms with Crippen LogP contribution in [-0.2, 0) is 33.4 Å². The van der Waals surface area contributed by atoms with Gasteiger partial charge in [0.25, 0.3) is 10.1 Å². The number of hydrogen-bond acceptors (Lipinski definition) is 7. The monoisotopic (exact) mass is 318 g/mol. The van der Waals surface area contributed by atoms with Crippen LogP contribution in [0.5, 0.6) is 0 Å². The Balaban J connectivity index is 1.55. The van der Waals surface area contributed by atoms with Gasteiger partial charge < -0.3 is 9.47 Å². The average Bonchev–Trinajstić information content (AvgIpc) is 3.01. The van der Waals surface area contributed by atoms with E-state index in [1.807, 2.05) is 6.92 Å². The highest BCUT2D eigenvalue weighted by Gasteiger charge is 2.65. The van der Waals surface area contributed by atoms with Crippen LogP contribution in [-0.4, -0.2) is 44.4 Å². The third-order valence-corrected chi connectivity index (χ3v) is 6.26. The fourth-order valence-electron chi connectivity index (χ4n) is 3.65. The van der Waals surface area contributed by atoms with Crippen molar-refractivity contribution in [3.8, 4) is 0 Å². The largest absolute Gasteiger partial charge is 0.457 e. The maximum atomic E-state index is 11.8. The Morgan fingerprint density at radius 1 is 1.24 bits per heavy atom. The summed E-state index contributed by atoms with van der Waals surface area (Å²) in [5, 5.41) is -0.440. The van der Waals surface area contributed by atoms with Crippen LogP contribution in [0.3, 0.4) is 0 Å². The van der Waals surface area contributed by atoms with E-state index in [0.717, 1.165) is 0 Å². The summed E-state index contributed by atoms with van der Waals surface area (Å²) < 4.78 is 38.7. The molecule has 0 aromatic heterocycles. The molecule has 0 radical (unpaired) electrons. The molecule has 1 heterocycles. The number of ether oxygens (including phenoxy) is 2. The summed E-state index contributed by atoms with van der Waals surface area (Å²) in [5.41, 5.74) is 0. The second-order valence-electron chi connectivity index (χ2n) is 5.85. The van der Waals surface area contributed by atoms with Crippen molar-refractivity contribution >= 4 is 22.1 Å². The van der Waals surface area contributed by atoms with E-state index < -0.39 is 46.1 Å². The number of carbonyl (C=O) groups excluding carboxylic acids is 2. The molecule has 0 amide bonds. The van der Waals surface area contributed by atoms with E-state index in [2.05, 4.69) is 0 Å². The molecule has 0 aromatic carbocycles. The average molecular weight is 318 g/mol. The zero-order valence-electron chi connectivity index (χ0n) is 11.7. The summed E-state index contributed by atoms with van der Waals surface area (Å²) in [4.78, 5) is 22.9. The lowest BCUT2D eigenvalue weighted by Gasteiger charge is -2.24. The quantitative estimate of drug-likeness (QED) is 0.534. The lowest BCUT2D eigenvalue weighted by atomic mass is 9.94. The van der Waals surface area contributed by atoms with Crippen molar-refractivity contribution in [1.29, 1.82) is 0 Å². The van der Waals surface area contributed by atoms with Gasteiger partial charge in [-0.1, -0.05) is 6.92 Å². The SMILES string of the molecule is CCCC(=O)OCC(=O)OC1C2CC3C1OS(=O)(=O)C3C2. The lowest BCUT2D eigenvalue weighted by molar-refractivity contribution is -0.167. The highest BCUT2D eigenvalue weighted by atomic mass is 32.2. The van der Waals surface area contributed by atoms with E-state index in [1.165, 1.54) is 0 Å². The summed E-state index contributed by atoms with van der Waals surface area (Å²) in [6, 6.07) is 0. The predicted octanol–water partition coefficient (Wildman–Crippen LogP) is 0.379. The van der Waals surface area contributed by atoms with Gasteiger partial charge in [0.05, 0.1) is 5.25 Å². The zero-order valence-corrected chi connectivity index (χ0v) is 12.5. The fourth-order valence-corrected chi connectivity index (χ4v) is 5.53. The van der Waals surface area contributed by atoms with E-state index in [0.29, 0.717) is 19.3 Å². The molecule has 8 heteroatoms. The van der Waals surface area contributed by atoms with Gasteiger partial charge >= 0.3 is 11.9 Å². The van der Waals surface area contributed by atoms with E-state index >= 15 is 0 Å². The molecule has 118 valence electrons. The Morgan fingerprint density at radius 3 is 2.71 bits per heavy atom. The molecule has 2 aliphatic carbocycles. The minimum absolute atomic E-state index is 0.0255. The van der Waals surface area contributed by atoms with Crippen molar-refractivity contribution in [2.45, 2.75) is 50.1 Å². The number of carbonyl (C=O) groups is 2. The molecule has 2 bridgehead atoms. The molecule has 21 heavy (non-hydrogen) atoms. The fraction of sp³-hybridized carbons (Fsp3) is 0.846. The third kappa shape index (κ3) is 2.55. The van der Waals surface area contributed by atoms with Crippen LogP contribution in [0.25, 0.3) is 0 Å². The number of fused-ring (bicyclic) bond motifs is 1. The third-order valence-electron chi connectivity index (χ3n) is 4.49. The molecule has 0 spiro atoms. The number of esters is 2. The Bertz CT molecular complexity index is 555. The second-order valence-corrected chi connectivity index (χ2v) is 7.64. The Hall–Kier alpha value is -1.15. The van der Waals surface area contributed by atoms with Crippen molar-refractivity contribution < 1.29 is 31.7 Å². The molecule has 2 saturated carbocycles. The van der Waals surface area contributed by atoms with Crippen molar-refractivity contribution in [3.05, 3.63) is 0 Å². The first kappa shape index (κ1) is 14.8. The number of hydrogen-bond donors (Lipinski definition) is 0. The molecule has 0 aromatic rings. The van der Waals surface area contributed by atoms with E-state index in [1.54, 1.807) is 0 Å². The topological polar surface area (TPSA) is 96.0 Å². The van der Waals surface area contributed by atoms with Crippen LogP contribution in [0.4, 0.5) is 0 Å². The summed E-state index contributed by atoms with van der Waals surface area (Å²) in [6.07, 6.45) is 0.997. The summed E-state index contributed by atoms with van der Waals surface area (Å²) in [6.45, 7) is 1.40. The van der Waals surface area contributed by atoms with Crippen LogP contribution < -0.4 is 0 Å². The van der Waals surface area contributed by atoms with Gasteiger partial charge in [0, 0.05) is 18.3 Å². The van der Waals surface area contributed by atoms with Crippen molar-refractivity contribution in [2.75, 3.05) is 6.61 Å². The molecule has 3 fully saturated rings. The molecule has 5 atom stereocenters. The van der Waals surface area contributed by atoms with Crippen molar-refractivity contribution in [2.24, 2.45) is 11.8 Å². The molecule has 7 nitrogen and oxygen atoms in total. The van der Waals surface area contributed by atoms with Gasteiger partial charge in [0.15, 0.2) is 6.61 Å².